The van der Waals surface area contributed by atoms with Gasteiger partial charge in [0, 0.05) is 44.0 Å². The largest absolute Gasteiger partial charge is 0.380 e. The van der Waals surface area contributed by atoms with Crippen LogP contribution in [0.3, 0.4) is 0 Å². The maximum atomic E-state index is 13.3. The highest BCUT2D eigenvalue weighted by Gasteiger charge is 2.41. The first-order valence-corrected chi connectivity index (χ1v) is 13.0. The Kier molecular flexibility index (Phi) is 6.23. The minimum Gasteiger partial charge on any atom is -0.380 e. The number of rotatable bonds is 6. The lowest BCUT2D eigenvalue weighted by Gasteiger charge is -2.25. The van der Waals surface area contributed by atoms with Gasteiger partial charge < -0.3 is 15.2 Å². The van der Waals surface area contributed by atoms with Gasteiger partial charge in [-0.15, -0.1) is 0 Å². The summed E-state index contributed by atoms with van der Waals surface area (Å²) in [7, 11) is -1.87. The first-order chi connectivity index (χ1) is 16.0. The lowest BCUT2D eigenvalue weighted by Crippen LogP contribution is -2.32. The van der Waals surface area contributed by atoms with Crippen LogP contribution in [0, 0.1) is 0 Å². The van der Waals surface area contributed by atoms with E-state index in [-0.39, 0.29) is 17.0 Å². The molecule has 174 valence electrons. The third kappa shape index (κ3) is 4.69. The Morgan fingerprint density at radius 3 is 2.48 bits per heavy atom. The summed E-state index contributed by atoms with van der Waals surface area (Å²) in [5, 5.41) is 7.21. The summed E-state index contributed by atoms with van der Waals surface area (Å²) >= 11 is 0. The molecular weight excluding hydrogens is 434 g/mol. The molecule has 0 aliphatic carbocycles. The first kappa shape index (κ1) is 22.1. The minimum absolute atomic E-state index is 0.0332. The van der Waals surface area contributed by atoms with E-state index in [1.807, 2.05) is 18.2 Å². The van der Waals surface area contributed by atoms with E-state index in [1.54, 1.807) is 22.1 Å². The number of benzene rings is 2. The Morgan fingerprint density at radius 1 is 1.00 bits per heavy atom. The molecule has 0 radical (unpaired) electrons. The fourth-order valence-electron chi connectivity index (χ4n) is 5.05. The number of nitrogens with one attached hydrogen (secondary N) is 2. The Morgan fingerprint density at radius 2 is 1.76 bits per heavy atom. The van der Waals surface area contributed by atoms with Crippen molar-refractivity contribution in [2.24, 2.45) is 7.05 Å². The number of sulfonamides is 1. The molecule has 3 aromatic rings. The van der Waals surface area contributed by atoms with Crippen molar-refractivity contribution in [1.82, 2.24) is 19.2 Å². The van der Waals surface area contributed by atoms with E-state index in [0.717, 1.165) is 37.2 Å². The van der Waals surface area contributed by atoms with Crippen molar-refractivity contribution >= 4 is 15.7 Å². The third-order valence-corrected chi connectivity index (χ3v) is 8.57. The molecule has 2 N–H and O–H groups in total. The van der Waals surface area contributed by atoms with Crippen LogP contribution in [0.2, 0.25) is 0 Å². The molecule has 0 saturated carbocycles. The van der Waals surface area contributed by atoms with Crippen LogP contribution >= 0.6 is 0 Å². The number of imidazole rings is 1. The predicted molar refractivity (Wildman–Crippen MR) is 130 cm³/mol. The zero-order valence-electron chi connectivity index (χ0n) is 18.9. The van der Waals surface area contributed by atoms with E-state index in [9.17, 15) is 8.42 Å². The van der Waals surface area contributed by atoms with Gasteiger partial charge in [-0.05, 0) is 55.1 Å². The van der Waals surface area contributed by atoms with Crippen LogP contribution in [-0.2, 0) is 17.1 Å². The van der Waals surface area contributed by atoms with Crippen LogP contribution in [-0.4, -0.2) is 54.5 Å². The van der Waals surface area contributed by atoms with Gasteiger partial charge in [-0.1, -0.05) is 42.5 Å². The molecule has 0 amide bonds. The number of aryl methyl sites for hydroxylation is 1. The summed E-state index contributed by atoms with van der Waals surface area (Å²) in [5.74, 6) is 0.620. The van der Waals surface area contributed by atoms with E-state index in [2.05, 4.69) is 52.0 Å². The molecule has 8 heteroatoms. The van der Waals surface area contributed by atoms with Gasteiger partial charge in [0.1, 0.15) is 0 Å². The highest BCUT2D eigenvalue weighted by Crippen LogP contribution is 2.34. The Balaban J connectivity index is 1.41. The van der Waals surface area contributed by atoms with E-state index < -0.39 is 10.0 Å². The van der Waals surface area contributed by atoms with Crippen molar-refractivity contribution in [3.8, 4) is 0 Å². The second-order valence-electron chi connectivity index (χ2n) is 9.12. The number of hydrogen-bond acceptors (Lipinski definition) is 5. The summed E-state index contributed by atoms with van der Waals surface area (Å²) in [6.45, 7) is 2.94. The van der Waals surface area contributed by atoms with Crippen LogP contribution in [0.4, 0.5) is 5.69 Å². The molecule has 1 aromatic heterocycles. The Bertz CT molecular complexity index is 1190. The molecule has 2 aliphatic rings. The summed E-state index contributed by atoms with van der Waals surface area (Å²) < 4.78 is 29.8. The fraction of sp³-hybridized carbons (Fsp3) is 0.400. The summed E-state index contributed by atoms with van der Waals surface area (Å²) in [6.07, 6.45) is 5.39. The topological polar surface area (TPSA) is 79.3 Å². The molecule has 2 aromatic carbocycles. The standard InChI is InChI=1S/C25H31N5O2S/c1-29-17-25(27-18-29)33(31,32)30-15-23(20-6-3-2-4-7-20)24(16-30)28-22-9-5-8-21(14-22)19-10-12-26-13-11-19/h2-9,14,17-19,23-24,26,28H,10-13,15-16H2,1H3. The van der Waals surface area contributed by atoms with Crippen molar-refractivity contribution < 1.29 is 8.42 Å². The molecule has 0 spiro atoms. The second-order valence-corrected chi connectivity index (χ2v) is 11.0. The maximum absolute atomic E-state index is 13.3. The zero-order valence-corrected chi connectivity index (χ0v) is 19.7. The summed E-state index contributed by atoms with van der Waals surface area (Å²) in [6, 6.07) is 18.8. The van der Waals surface area contributed by atoms with Crippen LogP contribution < -0.4 is 10.6 Å². The maximum Gasteiger partial charge on any atom is 0.262 e. The van der Waals surface area contributed by atoms with E-state index in [1.165, 1.54) is 11.9 Å². The smallest absolute Gasteiger partial charge is 0.262 e. The average molecular weight is 466 g/mol. The summed E-state index contributed by atoms with van der Waals surface area (Å²) in [5.41, 5.74) is 3.55. The van der Waals surface area contributed by atoms with Crippen molar-refractivity contribution in [1.29, 1.82) is 0 Å². The molecular formula is C25H31N5O2S. The van der Waals surface area contributed by atoms with Gasteiger partial charge in [0.15, 0.2) is 5.03 Å². The Hall–Kier alpha value is -2.68. The number of aromatic nitrogens is 2. The van der Waals surface area contributed by atoms with E-state index in [4.69, 9.17) is 0 Å². The fourth-order valence-corrected chi connectivity index (χ4v) is 6.51. The van der Waals surface area contributed by atoms with E-state index >= 15 is 0 Å². The number of piperidine rings is 1. The Labute approximate surface area is 195 Å². The van der Waals surface area contributed by atoms with Gasteiger partial charge in [-0.2, -0.15) is 4.31 Å². The van der Waals surface area contributed by atoms with Gasteiger partial charge in [0.05, 0.1) is 6.33 Å². The zero-order chi connectivity index (χ0) is 22.8. The average Bonchev–Trinajstić information content (AvgIpc) is 3.48. The number of anilines is 1. The highest BCUT2D eigenvalue weighted by molar-refractivity contribution is 7.89. The lowest BCUT2D eigenvalue weighted by molar-refractivity contribution is 0.460. The van der Waals surface area contributed by atoms with Crippen LogP contribution in [0.15, 0.2) is 72.1 Å². The van der Waals surface area contributed by atoms with Gasteiger partial charge in [0.2, 0.25) is 0 Å². The number of nitrogens with zero attached hydrogens (tertiary/aromatic N) is 3. The van der Waals surface area contributed by atoms with Crippen LogP contribution in [0.25, 0.3) is 0 Å². The molecule has 2 aliphatic heterocycles. The quantitative estimate of drug-likeness (QED) is 0.585. The number of hydrogen-bond donors (Lipinski definition) is 2. The van der Waals surface area contributed by atoms with Gasteiger partial charge in [0.25, 0.3) is 10.0 Å². The van der Waals surface area contributed by atoms with Crippen molar-refractivity contribution in [2.45, 2.75) is 35.7 Å². The molecule has 2 saturated heterocycles. The van der Waals surface area contributed by atoms with Gasteiger partial charge in [-0.3, -0.25) is 0 Å². The third-order valence-electron chi connectivity index (χ3n) is 6.85. The normalized spacial score (nSPS) is 22.5. The SMILES string of the molecule is Cn1cnc(S(=O)(=O)N2CC(Nc3cccc(C4CCNCC4)c3)C(c3ccccc3)C2)c1. The minimum atomic E-state index is -3.65. The molecule has 33 heavy (non-hydrogen) atoms. The molecule has 2 fully saturated rings. The first-order valence-electron chi connectivity index (χ1n) is 11.6. The molecule has 3 heterocycles. The van der Waals surface area contributed by atoms with Crippen LogP contribution in [0.5, 0.6) is 0 Å². The van der Waals surface area contributed by atoms with Crippen LogP contribution in [0.1, 0.15) is 35.8 Å². The van der Waals surface area contributed by atoms with Crippen molar-refractivity contribution in [2.75, 3.05) is 31.5 Å². The second kappa shape index (κ2) is 9.29. The molecule has 5 rings (SSSR count). The molecule has 2 unspecified atom stereocenters. The van der Waals surface area contributed by atoms with Crippen molar-refractivity contribution in [3.63, 3.8) is 0 Å². The lowest BCUT2D eigenvalue weighted by atomic mass is 9.89. The predicted octanol–water partition coefficient (Wildman–Crippen LogP) is 3.16. The molecule has 0 bridgehead atoms. The molecule has 2 atom stereocenters. The monoisotopic (exact) mass is 465 g/mol. The van der Waals surface area contributed by atoms with Gasteiger partial charge in [-0.25, -0.2) is 13.4 Å². The van der Waals surface area contributed by atoms with Gasteiger partial charge >= 0.3 is 0 Å². The highest BCUT2D eigenvalue weighted by atomic mass is 32.2. The van der Waals surface area contributed by atoms with Crippen molar-refractivity contribution in [3.05, 3.63) is 78.2 Å². The van der Waals surface area contributed by atoms with E-state index in [0.29, 0.717) is 19.0 Å². The summed E-state index contributed by atoms with van der Waals surface area (Å²) in [4.78, 5) is 4.11. The molecule has 7 nitrogen and oxygen atoms in total.